The van der Waals surface area contributed by atoms with E-state index in [1.807, 2.05) is 0 Å². The van der Waals surface area contributed by atoms with Crippen LogP contribution in [0.2, 0.25) is 0 Å². The zero-order valence-corrected chi connectivity index (χ0v) is 10.1. The minimum atomic E-state index is -3.26. The number of anilines is 2. The fourth-order valence-corrected chi connectivity index (χ4v) is 2.21. The predicted octanol–water partition coefficient (Wildman–Crippen LogP) is 0.588. The first-order valence-electron chi connectivity index (χ1n) is 5.09. The van der Waals surface area contributed by atoms with E-state index in [4.69, 9.17) is 0 Å². The lowest BCUT2D eigenvalue weighted by molar-refractivity contribution is 0.252. The van der Waals surface area contributed by atoms with Gasteiger partial charge in [0.2, 0.25) is 10.0 Å². The summed E-state index contributed by atoms with van der Waals surface area (Å²) in [5.41, 5.74) is 1.23. The number of rotatable bonds is 3. The number of carbonyl (C=O) groups is 1. The molecule has 0 bridgehead atoms. The van der Waals surface area contributed by atoms with Gasteiger partial charge in [0.1, 0.15) is 0 Å². The molecule has 92 valence electrons. The lowest BCUT2D eigenvalue weighted by atomic mass is 10.2. The summed E-state index contributed by atoms with van der Waals surface area (Å²) in [6.07, 6.45) is 1.09. The molecule has 1 aromatic rings. The van der Waals surface area contributed by atoms with Crippen molar-refractivity contribution in [1.82, 2.24) is 5.32 Å². The molecule has 1 heterocycles. The Morgan fingerprint density at radius 2 is 1.94 bits per heavy atom. The quantitative estimate of drug-likeness (QED) is 0.829. The number of amides is 2. The highest BCUT2D eigenvalue weighted by Crippen LogP contribution is 2.19. The Hall–Kier alpha value is -1.76. The maximum atomic E-state index is 11.4. The summed E-state index contributed by atoms with van der Waals surface area (Å²) in [7, 11) is -3.26. The van der Waals surface area contributed by atoms with Gasteiger partial charge in [-0.1, -0.05) is 0 Å². The summed E-state index contributed by atoms with van der Waals surface area (Å²) in [5, 5.41) is 2.70. The van der Waals surface area contributed by atoms with E-state index in [1.165, 1.54) is 0 Å². The minimum Gasteiger partial charge on any atom is -0.336 e. The van der Waals surface area contributed by atoms with Crippen molar-refractivity contribution < 1.29 is 13.2 Å². The summed E-state index contributed by atoms with van der Waals surface area (Å²) in [6, 6.07) is 6.54. The number of carbonyl (C=O) groups excluding carboxylic acids is 1. The zero-order chi connectivity index (χ0) is 12.5. The first-order chi connectivity index (χ1) is 7.96. The monoisotopic (exact) mass is 255 g/mol. The molecule has 0 unspecified atom stereocenters. The summed E-state index contributed by atoms with van der Waals surface area (Å²) >= 11 is 0. The molecule has 2 N–H and O–H groups in total. The largest absolute Gasteiger partial charge is 0.336 e. The molecular weight excluding hydrogens is 242 g/mol. The number of nitrogens with zero attached hydrogens (tertiary/aromatic N) is 1. The number of benzene rings is 1. The van der Waals surface area contributed by atoms with Crippen LogP contribution in [0.25, 0.3) is 0 Å². The van der Waals surface area contributed by atoms with E-state index in [1.54, 1.807) is 29.2 Å². The molecule has 0 saturated carbocycles. The van der Waals surface area contributed by atoms with E-state index in [0.29, 0.717) is 18.8 Å². The van der Waals surface area contributed by atoms with Crippen LogP contribution in [-0.2, 0) is 10.0 Å². The number of hydrogen-bond donors (Lipinski definition) is 2. The Morgan fingerprint density at radius 1 is 1.29 bits per heavy atom. The maximum Gasteiger partial charge on any atom is 0.321 e. The highest BCUT2D eigenvalue weighted by atomic mass is 32.2. The first-order valence-corrected chi connectivity index (χ1v) is 6.98. The first kappa shape index (κ1) is 11.7. The van der Waals surface area contributed by atoms with Crippen LogP contribution >= 0.6 is 0 Å². The SMILES string of the molecule is CS(=O)(=O)Nc1ccc(N2CCNC2=O)cc1. The van der Waals surface area contributed by atoms with Crippen molar-refractivity contribution >= 4 is 27.4 Å². The highest BCUT2D eigenvalue weighted by Gasteiger charge is 2.20. The topological polar surface area (TPSA) is 78.5 Å². The van der Waals surface area contributed by atoms with Gasteiger partial charge in [-0.2, -0.15) is 0 Å². The molecule has 2 amide bonds. The molecule has 0 radical (unpaired) electrons. The van der Waals surface area contributed by atoms with Gasteiger partial charge in [0.15, 0.2) is 0 Å². The smallest absolute Gasteiger partial charge is 0.321 e. The average molecular weight is 255 g/mol. The molecule has 1 aliphatic heterocycles. The highest BCUT2D eigenvalue weighted by molar-refractivity contribution is 7.92. The third-order valence-electron chi connectivity index (χ3n) is 2.34. The van der Waals surface area contributed by atoms with Gasteiger partial charge in [0.25, 0.3) is 0 Å². The van der Waals surface area contributed by atoms with Crippen LogP contribution in [-0.4, -0.2) is 33.8 Å². The standard InChI is InChI=1S/C10H13N3O3S/c1-17(15,16)12-8-2-4-9(5-3-8)13-7-6-11-10(13)14/h2-5,12H,6-7H2,1H3,(H,11,14). The second-order valence-corrected chi connectivity index (χ2v) is 5.55. The maximum absolute atomic E-state index is 11.4. The van der Waals surface area contributed by atoms with Gasteiger partial charge in [-0.15, -0.1) is 0 Å². The van der Waals surface area contributed by atoms with Gasteiger partial charge in [-0.05, 0) is 24.3 Å². The Kier molecular flexibility index (Phi) is 2.93. The molecule has 1 aromatic carbocycles. The van der Waals surface area contributed by atoms with Crippen LogP contribution in [0, 0.1) is 0 Å². The number of sulfonamides is 1. The van der Waals surface area contributed by atoms with E-state index in [-0.39, 0.29) is 6.03 Å². The van der Waals surface area contributed by atoms with Crippen molar-refractivity contribution in [3.63, 3.8) is 0 Å². The summed E-state index contributed by atoms with van der Waals surface area (Å²) in [4.78, 5) is 13.0. The number of nitrogens with one attached hydrogen (secondary N) is 2. The van der Waals surface area contributed by atoms with Crippen molar-refractivity contribution in [3.8, 4) is 0 Å². The van der Waals surface area contributed by atoms with Gasteiger partial charge in [-0.25, -0.2) is 13.2 Å². The third-order valence-corrected chi connectivity index (χ3v) is 2.95. The number of urea groups is 1. The number of hydrogen-bond acceptors (Lipinski definition) is 3. The lowest BCUT2D eigenvalue weighted by Gasteiger charge is -2.14. The Balaban J connectivity index is 2.15. The van der Waals surface area contributed by atoms with Crippen molar-refractivity contribution in [2.45, 2.75) is 0 Å². The molecule has 6 nitrogen and oxygen atoms in total. The van der Waals surface area contributed by atoms with Crippen molar-refractivity contribution in [1.29, 1.82) is 0 Å². The normalized spacial score (nSPS) is 15.8. The third kappa shape index (κ3) is 2.88. The van der Waals surface area contributed by atoms with Gasteiger partial charge in [0.05, 0.1) is 6.26 Å². The van der Waals surface area contributed by atoms with Crippen LogP contribution in [0.4, 0.5) is 16.2 Å². The van der Waals surface area contributed by atoms with Crippen molar-refractivity contribution in [3.05, 3.63) is 24.3 Å². The molecule has 1 fully saturated rings. The van der Waals surface area contributed by atoms with Crippen molar-refractivity contribution in [2.24, 2.45) is 0 Å². The van der Waals surface area contributed by atoms with Crippen molar-refractivity contribution in [2.75, 3.05) is 29.0 Å². The molecule has 7 heteroatoms. The summed E-state index contributed by atoms with van der Waals surface area (Å²) in [5.74, 6) is 0. The van der Waals surface area contributed by atoms with Crippen LogP contribution in [0.3, 0.4) is 0 Å². The van der Waals surface area contributed by atoms with Gasteiger partial charge in [-0.3, -0.25) is 9.62 Å². The van der Waals surface area contributed by atoms with E-state index in [0.717, 1.165) is 11.9 Å². The Bertz CT molecular complexity index is 524. The molecule has 0 spiro atoms. The second kappa shape index (κ2) is 4.25. The zero-order valence-electron chi connectivity index (χ0n) is 9.30. The molecule has 2 rings (SSSR count). The average Bonchev–Trinajstić information content (AvgIpc) is 2.63. The van der Waals surface area contributed by atoms with Gasteiger partial charge in [0, 0.05) is 24.5 Å². The lowest BCUT2D eigenvalue weighted by Crippen LogP contribution is -2.27. The van der Waals surface area contributed by atoms with E-state index in [9.17, 15) is 13.2 Å². The molecule has 1 aliphatic rings. The molecule has 0 atom stereocenters. The second-order valence-electron chi connectivity index (χ2n) is 3.80. The van der Waals surface area contributed by atoms with Gasteiger partial charge < -0.3 is 5.32 Å². The van der Waals surface area contributed by atoms with E-state index in [2.05, 4.69) is 10.0 Å². The minimum absolute atomic E-state index is 0.131. The van der Waals surface area contributed by atoms with E-state index < -0.39 is 10.0 Å². The van der Waals surface area contributed by atoms with Crippen LogP contribution in [0.15, 0.2) is 24.3 Å². The fourth-order valence-electron chi connectivity index (χ4n) is 1.64. The Labute approximate surface area is 99.7 Å². The predicted molar refractivity (Wildman–Crippen MR) is 65.7 cm³/mol. The Morgan fingerprint density at radius 3 is 2.41 bits per heavy atom. The molecular formula is C10H13N3O3S. The van der Waals surface area contributed by atoms with Crippen LogP contribution in [0.1, 0.15) is 0 Å². The molecule has 17 heavy (non-hydrogen) atoms. The molecule has 1 saturated heterocycles. The fraction of sp³-hybridized carbons (Fsp3) is 0.300. The van der Waals surface area contributed by atoms with E-state index >= 15 is 0 Å². The summed E-state index contributed by atoms with van der Waals surface area (Å²) in [6.45, 7) is 1.25. The van der Waals surface area contributed by atoms with Crippen LogP contribution < -0.4 is 14.9 Å². The molecule has 0 aliphatic carbocycles. The van der Waals surface area contributed by atoms with Crippen LogP contribution in [0.5, 0.6) is 0 Å². The van der Waals surface area contributed by atoms with Gasteiger partial charge >= 0.3 is 6.03 Å². The molecule has 0 aromatic heterocycles. The summed E-state index contributed by atoms with van der Waals surface area (Å²) < 4.78 is 24.4.